The molecule has 0 fully saturated rings. The first-order valence-electron chi connectivity index (χ1n) is 6.52. The summed E-state index contributed by atoms with van der Waals surface area (Å²) in [4.78, 5) is 0.309. The Morgan fingerprint density at radius 2 is 2.15 bits per heavy atom. The lowest BCUT2D eigenvalue weighted by Crippen LogP contribution is -2.38. The fourth-order valence-corrected chi connectivity index (χ4v) is 3.36. The summed E-state index contributed by atoms with van der Waals surface area (Å²) in [5, 5.41) is 12.3. The van der Waals surface area contributed by atoms with Gasteiger partial charge in [0.15, 0.2) is 0 Å². The van der Waals surface area contributed by atoms with Crippen molar-refractivity contribution < 1.29 is 13.5 Å². The third-order valence-corrected chi connectivity index (χ3v) is 4.76. The van der Waals surface area contributed by atoms with Crippen LogP contribution in [0.2, 0.25) is 0 Å². The molecule has 0 aliphatic carbocycles. The maximum atomic E-state index is 12.0. The molecule has 1 aromatic rings. The molecule has 3 N–H and O–H groups in total. The zero-order chi connectivity index (χ0) is 13.9. The molecule has 1 atom stereocenters. The molecule has 1 unspecified atom stereocenters. The Bertz CT molecular complexity index is 549. The Balaban J connectivity index is 0.00000200. The third kappa shape index (κ3) is 3.93. The number of rotatable bonds is 5. The van der Waals surface area contributed by atoms with Gasteiger partial charge < -0.3 is 10.4 Å². The van der Waals surface area contributed by atoms with Gasteiger partial charge in [0.2, 0.25) is 10.0 Å². The van der Waals surface area contributed by atoms with E-state index in [0.29, 0.717) is 18.0 Å². The van der Waals surface area contributed by atoms with Crippen LogP contribution in [0, 0.1) is 0 Å². The van der Waals surface area contributed by atoms with Crippen molar-refractivity contribution >= 4 is 22.4 Å². The molecule has 7 heteroatoms. The fourth-order valence-electron chi connectivity index (χ4n) is 2.17. The fraction of sp³-hybridized carbons (Fsp3) is 0.538. The molecule has 1 aliphatic rings. The number of hydrogen-bond donors (Lipinski definition) is 3. The molecular formula is C13H21ClN2O3S. The number of aliphatic hydroxyl groups is 1. The van der Waals surface area contributed by atoms with Crippen molar-refractivity contribution in [2.75, 3.05) is 13.2 Å². The average molecular weight is 321 g/mol. The summed E-state index contributed by atoms with van der Waals surface area (Å²) in [5.41, 5.74) is 2.09. The second-order valence-electron chi connectivity index (χ2n) is 4.79. The Hall–Kier alpha value is -0.660. The molecule has 0 saturated carbocycles. The zero-order valence-corrected chi connectivity index (χ0v) is 13.1. The van der Waals surface area contributed by atoms with Crippen LogP contribution in [0.5, 0.6) is 0 Å². The second kappa shape index (κ2) is 7.38. The van der Waals surface area contributed by atoms with Crippen molar-refractivity contribution in [3.63, 3.8) is 0 Å². The van der Waals surface area contributed by atoms with E-state index in [1.165, 1.54) is 0 Å². The standard InChI is InChI=1S/C13H20N2O3S.ClH/c1-2-5-15-19(17,18)13-4-3-10-6-12(9-16)14-8-11(10)7-13;/h3-4,7,12,14-16H,2,5-6,8-9H2,1H3;1H. The number of sulfonamides is 1. The molecular weight excluding hydrogens is 300 g/mol. The average Bonchev–Trinajstić information content (AvgIpc) is 2.44. The normalized spacial score (nSPS) is 18.2. The van der Waals surface area contributed by atoms with Crippen molar-refractivity contribution in [2.45, 2.75) is 37.2 Å². The maximum Gasteiger partial charge on any atom is 0.240 e. The molecule has 5 nitrogen and oxygen atoms in total. The van der Waals surface area contributed by atoms with E-state index in [9.17, 15) is 8.42 Å². The molecule has 0 amide bonds. The molecule has 0 aromatic heterocycles. The number of halogens is 1. The zero-order valence-electron chi connectivity index (χ0n) is 11.4. The highest BCUT2D eigenvalue weighted by atomic mass is 35.5. The summed E-state index contributed by atoms with van der Waals surface area (Å²) in [6.07, 6.45) is 1.50. The highest BCUT2D eigenvalue weighted by Gasteiger charge is 2.20. The number of nitrogens with one attached hydrogen (secondary N) is 2. The van der Waals surface area contributed by atoms with E-state index in [1.807, 2.05) is 13.0 Å². The van der Waals surface area contributed by atoms with Crippen molar-refractivity contribution in [1.82, 2.24) is 10.0 Å². The first-order chi connectivity index (χ1) is 9.06. The summed E-state index contributed by atoms with van der Waals surface area (Å²) < 4.78 is 26.6. The maximum absolute atomic E-state index is 12.0. The summed E-state index contributed by atoms with van der Waals surface area (Å²) in [6.45, 7) is 3.06. The molecule has 1 aromatic carbocycles. The highest BCUT2D eigenvalue weighted by molar-refractivity contribution is 7.89. The number of fused-ring (bicyclic) bond motifs is 1. The van der Waals surface area contributed by atoms with Crippen LogP contribution in [0.3, 0.4) is 0 Å². The Labute approximate surface area is 126 Å². The molecule has 1 heterocycles. The first-order valence-corrected chi connectivity index (χ1v) is 8.01. The molecule has 0 radical (unpaired) electrons. The van der Waals surface area contributed by atoms with Crippen LogP contribution in [-0.2, 0) is 23.0 Å². The molecule has 20 heavy (non-hydrogen) atoms. The molecule has 1 aliphatic heterocycles. The lowest BCUT2D eigenvalue weighted by Gasteiger charge is -2.25. The quantitative estimate of drug-likeness (QED) is 0.750. The van der Waals surface area contributed by atoms with E-state index >= 15 is 0 Å². The van der Waals surface area contributed by atoms with Gasteiger partial charge in [-0.3, -0.25) is 0 Å². The molecule has 0 spiro atoms. The van der Waals surface area contributed by atoms with Crippen molar-refractivity contribution in [1.29, 1.82) is 0 Å². The van der Waals surface area contributed by atoms with E-state index in [1.54, 1.807) is 12.1 Å². The smallest absolute Gasteiger partial charge is 0.240 e. The summed E-state index contributed by atoms with van der Waals surface area (Å²) in [7, 11) is -3.40. The van der Waals surface area contributed by atoms with Crippen LogP contribution in [0.25, 0.3) is 0 Å². The first kappa shape index (κ1) is 17.4. The monoisotopic (exact) mass is 320 g/mol. The lowest BCUT2D eigenvalue weighted by molar-refractivity contribution is 0.236. The minimum Gasteiger partial charge on any atom is -0.395 e. The van der Waals surface area contributed by atoms with E-state index in [2.05, 4.69) is 10.0 Å². The van der Waals surface area contributed by atoms with Gasteiger partial charge in [-0.25, -0.2) is 13.1 Å². The largest absolute Gasteiger partial charge is 0.395 e. The Kier molecular flexibility index (Phi) is 6.42. The van der Waals surface area contributed by atoms with Crippen LogP contribution < -0.4 is 10.0 Å². The number of hydrogen-bond acceptors (Lipinski definition) is 4. The second-order valence-corrected chi connectivity index (χ2v) is 6.56. The van der Waals surface area contributed by atoms with Crippen LogP contribution in [0.15, 0.2) is 23.1 Å². The molecule has 2 rings (SSSR count). The third-order valence-electron chi connectivity index (χ3n) is 3.30. The predicted molar refractivity (Wildman–Crippen MR) is 80.6 cm³/mol. The molecule has 114 valence electrons. The van der Waals surface area contributed by atoms with Gasteiger partial charge >= 0.3 is 0 Å². The van der Waals surface area contributed by atoms with Crippen molar-refractivity contribution in [2.24, 2.45) is 0 Å². The van der Waals surface area contributed by atoms with Gasteiger partial charge in [0.1, 0.15) is 0 Å². The Morgan fingerprint density at radius 1 is 1.40 bits per heavy atom. The van der Waals surface area contributed by atoms with E-state index in [0.717, 1.165) is 24.0 Å². The van der Waals surface area contributed by atoms with Gasteiger partial charge in [0, 0.05) is 19.1 Å². The Morgan fingerprint density at radius 3 is 2.80 bits per heavy atom. The van der Waals surface area contributed by atoms with E-state index < -0.39 is 10.0 Å². The van der Waals surface area contributed by atoms with Crippen LogP contribution in [0.4, 0.5) is 0 Å². The number of aliphatic hydroxyl groups excluding tert-OH is 1. The summed E-state index contributed by atoms with van der Waals surface area (Å²) in [6, 6.07) is 5.26. The van der Waals surface area contributed by atoms with Crippen molar-refractivity contribution in [3.8, 4) is 0 Å². The predicted octanol–water partition coefficient (Wildman–Crippen LogP) is 0.803. The minimum atomic E-state index is -3.40. The summed E-state index contributed by atoms with van der Waals surface area (Å²) >= 11 is 0. The molecule has 0 saturated heterocycles. The van der Waals surface area contributed by atoms with Crippen LogP contribution in [-0.4, -0.2) is 32.7 Å². The lowest BCUT2D eigenvalue weighted by atomic mass is 9.96. The van der Waals surface area contributed by atoms with Gasteiger partial charge in [-0.1, -0.05) is 13.0 Å². The minimum absolute atomic E-state index is 0. The van der Waals surface area contributed by atoms with Gasteiger partial charge in [0.05, 0.1) is 11.5 Å². The van der Waals surface area contributed by atoms with Gasteiger partial charge in [0.25, 0.3) is 0 Å². The van der Waals surface area contributed by atoms with E-state index in [4.69, 9.17) is 5.11 Å². The van der Waals surface area contributed by atoms with Gasteiger partial charge in [-0.15, -0.1) is 12.4 Å². The summed E-state index contributed by atoms with van der Waals surface area (Å²) in [5.74, 6) is 0. The topological polar surface area (TPSA) is 78.4 Å². The van der Waals surface area contributed by atoms with E-state index in [-0.39, 0.29) is 25.1 Å². The molecule has 0 bridgehead atoms. The van der Waals surface area contributed by atoms with Crippen molar-refractivity contribution in [3.05, 3.63) is 29.3 Å². The highest BCUT2D eigenvalue weighted by Crippen LogP contribution is 2.20. The number of benzene rings is 1. The van der Waals surface area contributed by atoms with Crippen LogP contribution in [0.1, 0.15) is 24.5 Å². The SMILES string of the molecule is CCCNS(=O)(=O)c1ccc2c(c1)CNC(CO)C2.Cl. The van der Waals surface area contributed by atoms with Gasteiger partial charge in [-0.05, 0) is 36.1 Å². The van der Waals surface area contributed by atoms with Crippen LogP contribution >= 0.6 is 12.4 Å². The van der Waals surface area contributed by atoms with Gasteiger partial charge in [-0.2, -0.15) is 0 Å².